The lowest BCUT2D eigenvalue weighted by Crippen LogP contribution is -2.51. The van der Waals surface area contributed by atoms with Crippen molar-refractivity contribution in [3.8, 4) is 11.5 Å². The first-order valence-electron chi connectivity index (χ1n) is 19.6. The number of hydrogen-bond acceptors (Lipinski definition) is 12. The van der Waals surface area contributed by atoms with Gasteiger partial charge in [0, 0.05) is 86.9 Å². The van der Waals surface area contributed by atoms with Gasteiger partial charge in [-0.15, -0.1) is 0 Å². The van der Waals surface area contributed by atoms with Crippen LogP contribution in [0.3, 0.4) is 0 Å². The molecule has 14 nitrogen and oxygen atoms in total. The van der Waals surface area contributed by atoms with Crippen LogP contribution in [0.15, 0.2) is 73.1 Å². The van der Waals surface area contributed by atoms with Crippen LogP contribution in [0, 0.1) is 11.8 Å². The Morgan fingerprint density at radius 2 is 1.16 bits per heavy atom. The van der Waals surface area contributed by atoms with Crippen LogP contribution in [0.1, 0.15) is 44.5 Å². The van der Waals surface area contributed by atoms with Crippen molar-refractivity contribution < 1.29 is 19.4 Å². The standard InChI is InChI=1S/C21H25N5O2.C21H23N5O2/c2*1-28-16-4-2-14(3-5-16)20(27)15-12-25(13-15)21-17-6-9-22-10-7-18(17)24-19-8-11-23-26(19)21/h2-5,8,11,15,20,22,27H,6-7,9-10,12-13H2,1H3;2-5,8,11,15,22H,6-7,9-10,12-13H2,1H3. The molecule has 56 heavy (non-hydrogen) atoms. The zero-order chi connectivity index (χ0) is 38.2. The van der Waals surface area contributed by atoms with Crippen LogP contribution in [0.5, 0.6) is 11.5 Å². The Labute approximate surface area is 325 Å². The lowest BCUT2D eigenvalue weighted by Gasteiger charge is -2.44. The van der Waals surface area contributed by atoms with Crippen molar-refractivity contribution >= 4 is 28.7 Å². The minimum atomic E-state index is -0.475. The van der Waals surface area contributed by atoms with Gasteiger partial charge in [-0.2, -0.15) is 19.2 Å². The Kier molecular flexibility index (Phi) is 10.0. The number of methoxy groups -OCH3 is 2. The van der Waals surface area contributed by atoms with Gasteiger partial charge < -0.3 is 35.0 Å². The van der Waals surface area contributed by atoms with E-state index in [1.807, 2.05) is 75.9 Å². The van der Waals surface area contributed by atoms with Gasteiger partial charge in [0.15, 0.2) is 17.1 Å². The number of ketones is 1. The molecule has 6 aromatic rings. The van der Waals surface area contributed by atoms with Crippen molar-refractivity contribution in [1.29, 1.82) is 0 Å². The molecule has 0 amide bonds. The molecule has 2 saturated heterocycles. The van der Waals surface area contributed by atoms with Crippen molar-refractivity contribution in [2.75, 3.05) is 76.4 Å². The molecular formula is C42H48N10O4. The molecule has 3 N–H and O–H groups in total. The lowest BCUT2D eigenvalue weighted by atomic mass is 9.88. The molecule has 4 aliphatic rings. The van der Waals surface area contributed by atoms with Crippen LogP contribution in [0.2, 0.25) is 0 Å². The van der Waals surface area contributed by atoms with E-state index >= 15 is 0 Å². The Balaban J connectivity index is 0.000000146. The Morgan fingerprint density at radius 3 is 1.68 bits per heavy atom. The summed E-state index contributed by atoms with van der Waals surface area (Å²) >= 11 is 0. The quantitative estimate of drug-likeness (QED) is 0.196. The van der Waals surface area contributed by atoms with Gasteiger partial charge in [-0.1, -0.05) is 12.1 Å². The van der Waals surface area contributed by atoms with E-state index in [0.717, 1.165) is 116 Å². The van der Waals surface area contributed by atoms with Crippen molar-refractivity contribution in [2.45, 2.75) is 31.8 Å². The number of ether oxygens (including phenoxy) is 2. The van der Waals surface area contributed by atoms with E-state index in [0.29, 0.717) is 13.1 Å². The Bertz CT molecular complexity index is 2330. The van der Waals surface area contributed by atoms with Gasteiger partial charge in [-0.3, -0.25) is 4.79 Å². The second-order valence-corrected chi connectivity index (χ2v) is 15.0. The van der Waals surface area contributed by atoms with E-state index in [1.54, 1.807) is 20.4 Å². The monoisotopic (exact) mass is 756 g/mol. The number of carbonyl (C=O) groups is 1. The number of nitrogens with zero attached hydrogens (tertiary/aromatic N) is 8. The average Bonchev–Trinajstić information content (AvgIpc) is 3.72. The molecule has 4 aliphatic heterocycles. The number of nitrogens with one attached hydrogen (secondary N) is 2. The third-order valence-corrected chi connectivity index (χ3v) is 11.6. The van der Waals surface area contributed by atoms with E-state index in [-0.39, 0.29) is 17.6 Å². The van der Waals surface area contributed by atoms with Crippen molar-refractivity contribution in [1.82, 2.24) is 39.8 Å². The van der Waals surface area contributed by atoms with Crippen LogP contribution in [0.25, 0.3) is 11.3 Å². The first-order valence-corrected chi connectivity index (χ1v) is 19.6. The number of fused-ring (bicyclic) bond motifs is 4. The summed E-state index contributed by atoms with van der Waals surface area (Å²) in [7, 11) is 3.28. The van der Waals surface area contributed by atoms with Gasteiger partial charge in [-0.05, 0) is 67.9 Å². The lowest BCUT2D eigenvalue weighted by molar-refractivity contribution is 0.0895. The Hall–Kier alpha value is -5.57. The maximum atomic E-state index is 12.8. The predicted octanol–water partition coefficient (Wildman–Crippen LogP) is 3.34. The average molecular weight is 757 g/mol. The fourth-order valence-corrected chi connectivity index (χ4v) is 8.45. The summed E-state index contributed by atoms with van der Waals surface area (Å²) < 4.78 is 14.3. The minimum Gasteiger partial charge on any atom is -0.497 e. The summed E-state index contributed by atoms with van der Waals surface area (Å²) in [6.45, 7) is 6.85. The summed E-state index contributed by atoms with van der Waals surface area (Å²) in [5.74, 6) is 4.22. The molecule has 2 aromatic carbocycles. The van der Waals surface area contributed by atoms with E-state index in [1.165, 1.54) is 16.8 Å². The number of aliphatic hydroxyl groups is 1. The molecule has 10 rings (SSSR count). The number of aliphatic hydroxyl groups excluding tert-OH is 1. The van der Waals surface area contributed by atoms with Gasteiger partial charge in [-0.25, -0.2) is 9.97 Å². The summed E-state index contributed by atoms with van der Waals surface area (Å²) in [6.07, 6.45) is 6.88. The Morgan fingerprint density at radius 1 is 0.679 bits per heavy atom. The normalized spacial score (nSPS) is 17.8. The highest BCUT2D eigenvalue weighted by atomic mass is 16.5. The zero-order valence-electron chi connectivity index (χ0n) is 31.9. The first kappa shape index (κ1) is 36.1. The van der Waals surface area contributed by atoms with Gasteiger partial charge in [0.25, 0.3) is 0 Å². The van der Waals surface area contributed by atoms with Crippen LogP contribution < -0.4 is 29.9 Å². The minimum absolute atomic E-state index is 0.00623. The number of Topliss-reactive ketones (excluding diaryl/α,β-unsaturated/α-hetero) is 1. The second-order valence-electron chi connectivity index (χ2n) is 15.0. The van der Waals surface area contributed by atoms with Gasteiger partial charge in [0.05, 0.1) is 50.0 Å². The second kappa shape index (κ2) is 15.5. The molecule has 0 radical (unpaired) electrons. The summed E-state index contributed by atoms with van der Waals surface area (Å²) in [4.78, 5) is 27.1. The highest BCUT2D eigenvalue weighted by Gasteiger charge is 2.38. The third kappa shape index (κ3) is 6.82. The van der Waals surface area contributed by atoms with Gasteiger partial charge >= 0.3 is 0 Å². The highest BCUT2D eigenvalue weighted by molar-refractivity contribution is 5.99. The summed E-state index contributed by atoms with van der Waals surface area (Å²) in [5.41, 5.74) is 8.33. The molecule has 0 saturated carbocycles. The number of benzene rings is 2. The maximum absolute atomic E-state index is 12.8. The number of rotatable bonds is 8. The first-order chi connectivity index (χ1) is 27.5. The van der Waals surface area contributed by atoms with E-state index in [4.69, 9.17) is 19.4 Å². The SMILES string of the molecule is COc1ccc(C(=O)C2CN(c3c4c(nc5ccnn35)CCNCC4)C2)cc1.COc1ccc(C(O)C2CN(c3c4c(nc5ccnn35)CCNCC4)C2)cc1. The van der Waals surface area contributed by atoms with Crippen LogP contribution in [-0.4, -0.2) is 107 Å². The molecule has 0 bridgehead atoms. The van der Waals surface area contributed by atoms with Crippen LogP contribution in [0.4, 0.5) is 11.6 Å². The predicted molar refractivity (Wildman–Crippen MR) is 213 cm³/mol. The van der Waals surface area contributed by atoms with E-state index in [2.05, 4.69) is 30.6 Å². The summed E-state index contributed by atoms with van der Waals surface area (Å²) in [6, 6.07) is 19.0. The van der Waals surface area contributed by atoms with E-state index in [9.17, 15) is 9.90 Å². The number of hydrogen-bond donors (Lipinski definition) is 3. The smallest absolute Gasteiger partial charge is 0.169 e. The molecule has 0 spiro atoms. The molecule has 14 heteroatoms. The molecule has 1 atom stereocenters. The molecule has 8 heterocycles. The molecule has 2 fully saturated rings. The fraction of sp³-hybridized carbons (Fsp3) is 0.405. The third-order valence-electron chi connectivity index (χ3n) is 11.6. The van der Waals surface area contributed by atoms with Crippen molar-refractivity contribution in [2.24, 2.45) is 11.8 Å². The topological polar surface area (TPSA) is 147 Å². The van der Waals surface area contributed by atoms with Gasteiger partial charge in [0.2, 0.25) is 0 Å². The largest absolute Gasteiger partial charge is 0.497 e. The molecule has 290 valence electrons. The van der Waals surface area contributed by atoms with E-state index < -0.39 is 6.10 Å². The number of anilines is 2. The molecule has 1 unspecified atom stereocenters. The summed E-state index contributed by atoms with van der Waals surface area (Å²) in [5, 5.41) is 26.7. The fourth-order valence-electron chi connectivity index (χ4n) is 8.45. The maximum Gasteiger partial charge on any atom is 0.169 e. The molecular weight excluding hydrogens is 709 g/mol. The van der Waals surface area contributed by atoms with Crippen molar-refractivity contribution in [3.05, 3.63) is 107 Å². The van der Waals surface area contributed by atoms with Crippen molar-refractivity contribution in [3.63, 3.8) is 0 Å². The zero-order valence-corrected chi connectivity index (χ0v) is 31.9. The van der Waals surface area contributed by atoms with Crippen LogP contribution in [-0.2, 0) is 25.7 Å². The molecule has 4 aromatic heterocycles. The number of carbonyl (C=O) groups excluding carboxylic acids is 1. The van der Waals surface area contributed by atoms with Crippen LogP contribution >= 0.6 is 0 Å². The highest BCUT2D eigenvalue weighted by Crippen LogP contribution is 2.37. The number of aromatic nitrogens is 6. The van der Waals surface area contributed by atoms with Gasteiger partial charge in [0.1, 0.15) is 23.1 Å². The molecule has 0 aliphatic carbocycles.